The summed E-state index contributed by atoms with van der Waals surface area (Å²) in [6.45, 7) is 9.95. The summed E-state index contributed by atoms with van der Waals surface area (Å²) in [6.07, 6.45) is 3.84. The molecule has 0 aromatic heterocycles. The Morgan fingerprint density at radius 1 is 1.44 bits per heavy atom. The van der Waals surface area contributed by atoms with Crippen molar-refractivity contribution in [3.8, 4) is 0 Å². The second-order valence-corrected chi connectivity index (χ2v) is 5.38. The van der Waals surface area contributed by atoms with Crippen LogP contribution in [-0.4, -0.2) is 37.0 Å². The molecule has 0 aromatic rings. The zero-order valence-electron chi connectivity index (χ0n) is 11.0. The fourth-order valence-corrected chi connectivity index (χ4v) is 1.79. The lowest BCUT2D eigenvalue weighted by Crippen LogP contribution is -2.39. The summed E-state index contributed by atoms with van der Waals surface area (Å²) < 4.78 is 0. The van der Waals surface area contributed by atoms with Crippen molar-refractivity contribution in [2.45, 2.75) is 40.0 Å². The molecule has 3 heteroatoms. The van der Waals surface area contributed by atoms with Crippen molar-refractivity contribution < 1.29 is 4.79 Å². The smallest absolute Gasteiger partial charge is 0.234 e. The predicted octanol–water partition coefficient (Wildman–Crippen LogP) is 1.88. The highest BCUT2D eigenvalue weighted by Gasteiger charge is 2.24. The first-order chi connectivity index (χ1) is 7.61. The fourth-order valence-electron chi connectivity index (χ4n) is 1.79. The van der Waals surface area contributed by atoms with Crippen molar-refractivity contribution in [1.29, 1.82) is 0 Å². The lowest BCUT2D eigenvalue weighted by molar-refractivity contribution is -0.122. The molecule has 0 aromatic carbocycles. The summed E-state index contributed by atoms with van der Waals surface area (Å²) in [7, 11) is 0. The van der Waals surface area contributed by atoms with E-state index >= 15 is 0 Å². The Morgan fingerprint density at radius 3 is 2.62 bits per heavy atom. The summed E-state index contributed by atoms with van der Waals surface area (Å²) in [5, 5.41) is 2.98. The highest BCUT2D eigenvalue weighted by Crippen LogP contribution is 2.29. The molecule has 1 amide bonds. The van der Waals surface area contributed by atoms with Crippen LogP contribution < -0.4 is 5.32 Å². The van der Waals surface area contributed by atoms with Crippen LogP contribution in [0.1, 0.15) is 40.0 Å². The zero-order valence-corrected chi connectivity index (χ0v) is 11.0. The molecule has 3 nitrogen and oxygen atoms in total. The van der Waals surface area contributed by atoms with E-state index in [-0.39, 0.29) is 5.91 Å². The number of carbonyl (C=O) groups is 1. The van der Waals surface area contributed by atoms with Gasteiger partial charge in [-0.05, 0) is 37.6 Å². The molecule has 16 heavy (non-hydrogen) atoms. The van der Waals surface area contributed by atoms with Gasteiger partial charge in [-0.15, -0.1) is 0 Å². The molecule has 0 bridgehead atoms. The van der Waals surface area contributed by atoms with E-state index in [2.05, 4.69) is 31.0 Å². The van der Waals surface area contributed by atoms with Crippen molar-refractivity contribution in [2.75, 3.05) is 26.2 Å². The second kappa shape index (κ2) is 6.89. The normalized spacial score (nSPS) is 15.8. The van der Waals surface area contributed by atoms with Gasteiger partial charge in [-0.25, -0.2) is 0 Å². The van der Waals surface area contributed by atoms with E-state index in [4.69, 9.17) is 0 Å². The van der Waals surface area contributed by atoms with E-state index in [1.807, 2.05) is 0 Å². The van der Waals surface area contributed by atoms with Gasteiger partial charge in [0.1, 0.15) is 0 Å². The molecule has 1 N–H and O–H groups in total. The zero-order chi connectivity index (χ0) is 12.0. The van der Waals surface area contributed by atoms with E-state index in [1.54, 1.807) is 0 Å². The number of nitrogens with one attached hydrogen (secondary N) is 1. The molecule has 0 aliphatic heterocycles. The Labute approximate surface area is 99.6 Å². The predicted molar refractivity (Wildman–Crippen MR) is 67.3 cm³/mol. The van der Waals surface area contributed by atoms with Gasteiger partial charge in [0.25, 0.3) is 0 Å². The molecule has 0 saturated heterocycles. The van der Waals surface area contributed by atoms with Gasteiger partial charge in [-0.1, -0.05) is 20.8 Å². The van der Waals surface area contributed by atoms with Crippen LogP contribution in [0.25, 0.3) is 0 Å². The van der Waals surface area contributed by atoms with Crippen LogP contribution in [-0.2, 0) is 4.79 Å². The van der Waals surface area contributed by atoms with Crippen LogP contribution in [0.2, 0.25) is 0 Å². The van der Waals surface area contributed by atoms with Gasteiger partial charge in [-0.3, -0.25) is 9.69 Å². The molecule has 0 atom stereocenters. The standard InChI is InChI=1S/C13H26N2O/c1-4-7-15(9-12-5-6-12)10-13(16)14-8-11(2)3/h11-12H,4-10H2,1-3H3,(H,14,16). The number of hydrogen-bond acceptors (Lipinski definition) is 2. The summed E-state index contributed by atoms with van der Waals surface area (Å²) in [5.41, 5.74) is 0. The topological polar surface area (TPSA) is 32.3 Å². The van der Waals surface area contributed by atoms with Crippen molar-refractivity contribution in [3.05, 3.63) is 0 Å². The molecule has 0 heterocycles. The lowest BCUT2D eigenvalue weighted by atomic mass is 10.2. The average molecular weight is 226 g/mol. The van der Waals surface area contributed by atoms with Gasteiger partial charge in [0, 0.05) is 13.1 Å². The maximum Gasteiger partial charge on any atom is 0.234 e. The van der Waals surface area contributed by atoms with Crippen molar-refractivity contribution in [1.82, 2.24) is 10.2 Å². The number of rotatable bonds is 8. The molecule has 0 spiro atoms. The summed E-state index contributed by atoms with van der Waals surface area (Å²) in [5.74, 6) is 1.58. The minimum absolute atomic E-state index is 0.183. The quantitative estimate of drug-likeness (QED) is 0.685. The van der Waals surface area contributed by atoms with Crippen LogP contribution in [0.4, 0.5) is 0 Å². The minimum atomic E-state index is 0.183. The summed E-state index contributed by atoms with van der Waals surface area (Å²) in [6, 6.07) is 0. The Hall–Kier alpha value is -0.570. The van der Waals surface area contributed by atoms with Crippen LogP contribution in [0.3, 0.4) is 0 Å². The van der Waals surface area contributed by atoms with Gasteiger partial charge in [0.05, 0.1) is 6.54 Å². The van der Waals surface area contributed by atoms with Gasteiger partial charge in [0.15, 0.2) is 0 Å². The van der Waals surface area contributed by atoms with Gasteiger partial charge < -0.3 is 5.32 Å². The Bertz CT molecular complexity index is 212. The van der Waals surface area contributed by atoms with Crippen molar-refractivity contribution >= 4 is 5.91 Å². The minimum Gasteiger partial charge on any atom is -0.355 e. The molecule has 1 aliphatic carbocycles. The van der Waals surface area contributed by atoms with Crippen LogP contribution in [0, 0.1) is 11.8 Å². The number of carbonyl (C=O) groups excluding carboxylic acids is 1. The summed E-state index contributed by atoms with van der Waals surface area (Å²) in [4.78, 5) is 14.0. The maximum atomic E-state index is 11.7. The third-order valence-corrected chi connectivity index (χ3v) is 2.83. The van der Waals surface area contributed by atoms with Gasteiger partial charge >= 0.3 is 0 Å². The van der Waals surface area contributed by atoms with Crippen LogP contribution in [0.5, 0.6) is 0 Å². The third-order valence-electron chi connectivity index (χ3n) is 2.83. The maximum absolute atomic E-state index is 11.7. The van der Waals surface area contributed by atoms with Crippen molar-refractivity contribution in [3.63, 3.8) is 0 Å². The van der Waals surface area contributed by atoms with E-state index in [9.17, 15) is 4.79 Å². The highest BCUT2D eigenvalue weighted by molar-refractivity contribution is 5.77. The lowest BCUT2D eigenvalue weighted by Gasteiger charge is -2.21. The second-order valence-electron chi connectivity index (χ2n) is 5.38. The first-order valence-electron chi connectivity index (χ1n) is 6.60. The molecular weight excluding hydrogens is 200 g/mol. The summed E-state index contributed by atoms with van der Waals surface area (Å²) >= 11 is 0. The SMILES string of the molecule is CCCN(CC(=O)NCC(C)C)CC1CC1. The molecular formula is C13H26N2O. The van der Waals surface area contributed by atoms with E-state index in [1.165, 1.54) is 12.8 Å². The third kappa shape index (κ3) is 6.11. The Balaban J connectivity index is 2.20. The van der Waals surface area contributed by atoms with E-state index < -0.39 is 0 Å². The fraction of sp³-hybridized carbons (Fsp3) is 0.923. The molecule has 94 valence electrons. The molecule has 0 unspecified atom stereocenters. The highest BCUT2D eigenvalue weighted by atomic mass is 16.2. The van der Waals surface area contributed by atoms with E-state index in [0.29, 0.717) is 12.5 Å². The van der Waals surface area contributed by atoms with Crippen LogP contribution in [0.15, 0.2) is 0 Å². The monoisotopic (exact) mass is 226 g/mol. The first kappa shape index (κ1) is 13.5. The number of hydrogen-bond donors (Lipinski definition) is 1. The van der Waals surface area contributed by atoms with Crippen LogP contribution >= 0.6 is 0 Å². The molecule has 0 radical (unpaired) electrons. The van der Waals surface area contributed by atoms with Gasteiger partial charge in [-0.2, -0.15) is 0 Å². The van der Waals surface area contributed by atoms with E-state index in [0.717, 1.165) is 32.0 Å². The molecule has 1 saturated carbocycles. The number of amides is 1. The Morgan fingerprint density at radius 2 is 2.12 bits per heavy atom. The Kier molecular flexibility index (Phi) is 5.81. The average Bonchev–Trinajstić information content (AvgIpc) is 2.99. The van der Waals surface area contributed by atoms with Gasteiger partial charge in [0.2, 0.25) is 5.91 Å². The molecule has 1 fully saturated rings. The first-order valence-corrected chi connectivity index (χ1v) is 6.60. The number of nitrogens with zero attached hydrogens (tertiary/aromatic N) is 1. The van der Waals surface area contributed by atoms with Crippen molar-refractivity contribution in [2.24, 2.45) is 11.8 Å². The molecule has 1 aliphatic rings. The largest absolute Gasteiger partial charge is 0.355 e. The molecule has 1 rings (SSSR count).